The maximum Gasteiger partial charge on any atom is 0.279 e. The molecule has 0 bridgehead atoms. The van der Waals surface area contributed by atoms with Gasteiger partial charge in [0.1, 0.15) is 5.75 Å². The van der Waals surface area contributed by atoms with Gasteiger partial charge in [-0.2, -0.15) is 12.7 Å². The van der Waals surface area contributed by atoms with Gasteiger partial charge >= 0.3 is 0 Å². The number of benzene rings is 1. The fourth-order valence-electron chi connectivity index (χ4n) is 2.57. The summed E-state index contributed by atoms with van der Waals surface area (Å²) in [6, 6.07) is 8.01. The molecule has 22 heavy (non-hydrogen) atoms. The molecule has 0 saturated carbocycles. The van der Waals surface area contributed by atoms with Crippen LogP contribution in [0.25, 0.3) is 0 Å². The molecule has 6 nitrogen and oxygen atoms in total. The smallest absolute Gasteiger partial charge is 0.279 e. The Morgan fingerprint density at radius 1 is 1.14 bits per heavy atom. The predicted molar refractivity (Wildman–Crippen MR) is 87.1 cm³/mol. The van der Waals surface area contributed by atoms with E-state index in [-0.39, 0.29) is 0 Å². The molecule has 0 atom stereocenters. The molecule has 124 valence electrons. The third kappa shape index (κ3) is 4.42. The summed E-state index contributed by atoms with van der Waals surface area (Å²) in [4.78, 5) is 2.26. The minimum absolute atomic E-state index is 0.421. The number of para-hydroxylation sites is 1. The Hall–Kier alpha value is -1.15. The fraction of sp³-hybridized carbons (Fsp3) is 0.600. The normalized spacial score (nSPS) is 17.5. The molecule has 1 heterocycles. The van der Waals surface area contributed by atoms with Crippen LogP contribution in [-0.4, -0.2) is 57.0 Å². The van der Waals surface area contributed by atoms with Gasteiger partial charge in [-0.05, 0) is 13.0 Å². The second kappa shape index (κ2) is 7.92. The average molecular weight is 327 g/mol. The van der Waals surface area contributed by atoms with Gasteiger partial charge in [-0.15, -0.1) is 0 Å². The monoisotopic (exact) mass is 327 g/mol. The van der Waals surface area contributed by atoms with Crippen LogP contribution in [0.2, 0.25) is 0 Å². The third-order valence-electron chi connectivity index (χ3n) is 3.66. The van der Waals surface area contributed by atoms with Crippen LogP contribution < -0.4 is 9.46 Å². The van der Waals surface area contributed by atoms with Crippen molar-refractivity contribution in [2.75, 3.05) is 39.3 Å². The van der Waals surface area contributed by atoms with E-state index in [4.69, 9.17) is 4.74 Å². The van der Waals surface area contributed by atoms with Gasteiger partial charge in [0.05, 0.1) is 6.61 Å². The maximum absolute atomic E-state index is 12.0. The van der Waals surface area contributed by atoms with Crippen LogP contribution >= 0.6 is 0 Å². The molecule has 1 aliphatic heterocycles. The zero-order valence-electron chi connectivity index (χ0n) is 13.3. The molecule has 1 aromatic carbocycles. The minimum Gasteiger partial charge on any atom is -0.494 e. The Balaban J connectivity index is 1.93. The van der Waals surface area contributed by atoms with Crippen molar-refractivity contribution in [3.05, 3.63) is 29.8 Å². The summed E-state index contributed by atoms with van der Waals surface area (Å²) in [5.41, 5.74) is 1.15. The molecule has 0 aliphatic carbocycles. The van der Waals surface area contributed by atoms with Crippen molar-refractivity contribution >= 4 is 10.2 Å². The molecule has 0 radical (unpaired) electrons. The standard InChI is InChI=1S/C15H25N3O3S/c1-3-16-22(19,20)18-11-9-17(10-12-18)13-14-7-5-6-8-15(14)21-4-2/h5-8,16H,3-4,9-13H2,1-2H3. The minimum atomic E-state index is -3.31. The highest BCUT2D eigenvalue weighted by Crippen LogP contribution is 2.20. The van der Waals surface area contributed by atoms with Crippen molar-refractivity contribution in [2.45, 2.75) is 20.4 Å². The quantitative estimate of drug-likeness (QED) is 0.813. The Bertz CT molecular complexity index is 569. The van der Waals surface area contributed by atoms with Crippen LogP contribution in [0, 0.1) is 0 Å². The Kier molecular flexibility index (Phi) is 6.19. The topological polar surface area (TPSA) is 61.9 Å². The van der Waals surface area contributed by atoms with Gasteiger partial charge in [0.25, 0.3) is 10.2 Å². The molecule has 0 spiro atoms. The van der Waals surface area contributed by atoms with Gasteiger partial charge in [0.2, 0.25) is 0 Å². The second-order valence-corrected chi connectivity index (χ2v) is 6.97. The molecular weight excluding hydrogens is 302 g/mol. The van der Waals surface area contributed by atoms with E-state index in [0.717, 1.165) is 30.9 Å². The number of ether oxygens (including phenoxy) is 1. The summed E-state index contributed by atoms with van der Waals surface area (Å²) in [7, 11) is -3.31. The first-order chi connectivity index (χ1) is 10.6. The highest BCUT2D eigenvalue weighted by molar-refractivity contribution is 7.87. The van der Waals surface area contributed by atoms with E-state index in [1.807, 2.05) is 25.1 Å². The lowest BCUT2D eigenvalue weighted by Gasteiger charge is -2.34. The Labute approximate surface area is 133 Å². The molecule has 1 saturated heterocycles. The molecule has 1 aliphatic rings. The first-order valence-corrected chi connectivity index (χ1v) is 9.18. The molecule has 0 amide bonds. The van der Waals surface area contributed by atoms with Crippen LogP contribution in [0.1, 0.15) is 19.4 Å². The maximum atomic E-state index is 12.0. The SMILES string of the molecule is CCNS(=O)(=O)N1CCN(Cc2ccccc2OCC)CC1. The van der Waals surface area contributed by atoms with Gasteiger partial charge in [0.15, 0.2) is 0 Å². The predicted octanol–water partition coefficient (Wildman–Crippen LogP) is 1.06. The van der Waals surface area contributed by atoms with E-state index in [1.54, 1.807) is 6.92 Å². The van der Waals surface area contributed by atoms with E-state index in [2.05, 4.69) is 15.7 Å². The van der Waals surface area contributed by atoms with E-state index in [0.29, 0.717) is 26.2 Å². The van der Waals surface area contributed by atoms with E-state index < -0.39 is 10.2 Å². The molecule has 2 rings (SSSR count). The summed E-state index contributed by atoms with van der Waals surface area (Å²) >= 11 is 0. The number of hydrogen-bond acceptors (Lipinski definition) is 4. The Morgan fingerprint density at radius 2 is 1.82 bits per heavy atom. The van der Waals surface area contributed by atoms with Crippen LogP contribution in [0.3, 0.4) is 0 Å². The Morgan fingerprint density at radius 3 is 2.45 bits per heavy atom. The summed E-state index contributed by atoms with van der Waals surface area (Å²) in [6.07, 6.45) is 0. The second-order valence-electron chi connectivity index (χ2n) is 5.22. The summed E-state index contributed by atoms with van der Waals surface area (Å²) in [5.74, 6) is 0.910. The lowest BCUT2D eigenvalue weighted by molar-refractivity contribution is 0.178. The lowest BCUT2D eigenvalue weighted by Crippen LogP contribution is -2.51. The van der Waals surface area contributed by atoms with Crippen molar-refractivity contribution in [1.82, 2.24) is 13.9 Å². The van der Waals surface area contributed by atoms with Crippen molar-refractivity contribution in [3.8, 4) is 5.75 Å². The number of piperazine rings is 1. The zero-order chi connectivity index (χ0) is 16.0. The van der Waals surface area contributed by atoms with E-state index in [9.17, 15) is 8.42 Å². The molecular formula is C15H25N3O3S. The first kappa shape index (κ1) is 17.2. The molecule has 0 unspecified atom stereocenters. The molecule has 1 aromatic rings. The summed E-state index contributed by atoms with van der Waals surface area (Å²) in [5, 5.41) is 0. The number of nitrogens with one attached hydrogen (secondary N) is 1. The van der Waals surface area contributed by atoms with Crippen LogP contribution in [-0.2, 0) is 16.8 Å². The van der Waals surface area contributed by atoms with Crippen LogP contribution in [0.15, 0.2) is 24.3 Å². The highest BCUT2D eigenvalue weighted by Gasteiger charge is 2.26. The molecule has 1 fully saturated rings. The number of hydrogen-bond donors (Lipinski definition) is 1. The van der Waals surface area contributed by atoms with Gasteiger partial charge in [-0.1, -0.05) is 25.1 Å². The van der Waals surface area contributed by atoms with E-state index >= 15 is 0 Å². The highest BCUT2D eigenvalue weighted by atomic mass is 32.2. The molecule has 7 heteroatoms. The van der Waals surface area contributed by atoms with Crippen LogP contribution in [0.4, 0.5) is 0 Å². The summed E-state index contributed by atoms with van der Waals surface area (Å²) in [6.45, 7) is 8.11. The van der Waals surface area contributed by atoms with Gasteiger partial charge in [-0.25, -0.2) is 4.72 Å². The van der Waals surface area contributed by atoms with Crippen LogP contribution in [0.5, 0.6) is 5.75 Å². The van der Waals surface area contributed by atoms with Gasteiger partial charge in [0, 0.05) is 44.8 Å². The average Bonchev–Trinajstić information content (AvgIpc) is 2.50. The molecule has 0 aromatic heterocycles. The lowest BCUT2D eigenvalue weighted by atomic mass is 10.2. The van der Waals surface area contributed by atoms with Crippen molar-refractivity contribution in [2.24, 2.45) is 0 Å². The van der Waals surface area contributed by atoms with Crippen molar-refractivity contribution in [3.63, 3.8) is 0 Å². The molecule has 1 N–H and O–H groups in total. The fourth-order valence-corrected chi connectivity index (χ4v) is 3.76. The van der Waals surface area contributed by atoms with Crippen molar-refractivity contribution < 1.29 is 13.2 Å². The summed E-state index contributed by atoms with van der Waals surface area (Å²) < 4.78 is 33.6. The van der Waals surface area contributed by atoms with Gasteiger partial charge < -0.3 is 4.74 Å². The largest absolute Gasteiger partial charge is 0.494 e. The zero-order valence-corrected chi connectivity index (χ0v) is 14.1. The van der Waals surface area contributed by atoms with Gasteiger partial charge in [-0.3, -0.25) is 4.90 Å². The van der Waals surface area contributed by atoms with E-state index in [1.165, 1.54) is 4.31 Å². The number of rotatable bonds is 7. The first-order valence-electron chi connectivity index (χ1n) is 7.74. The van der Waals surface area contributed by atoms with Crippen molar-refractivity contribution in [1.29, 1.82) is 0 Å². The third-order valence-corrected chi connectivity index (χ3v) is 5.36. The number of nitrogens with zero attached hydrogens (tertiary/aromatic N) is 2.